The van der Waals surface area contributed by atoms with Gasteiger partial charge in [0, 0.05) is 0 Å². The molecule has 0 aliphatic rings. The van der Waals surface area contributed by atoms with Crippen LogP contribution in [0.3, 0.4) is 0 Å². The Morgan fingerprint density at radius 1 is 1.06 bits per heavy atom. The molecule has 0 saturated heterocycles. The first kappa shape index (κ1) is 15.9. The minimum absolute atomic E-state index is 0.0750. The van der Waals surface area contributed by atoms with Gasteiger partial charge in [-0.3, -0.25) is 0 Å². The summed E-state index contributed by atoms with van der Waals surface area (Å²) in [6.45, 7) is 21.8. The Kier molecular flexibility index (Phi) is 4.63. The molecule has 0 bridgehead atoms. The Bertz CT molecular complexity index is 242. The van der Waals surface area contributed by atoms with Crippen molar-refractivity contribution in [2.24, 2.45) is 5.41 Å². The zero-order valence-corrected chi connectivity index (χ0v) is 13.4. The highest BCUT2D eigenvalue weighted by Crippen LogP contribution is 2.48. The topological polar surface area (TPSA) is 20.2 Å². The van der Waals surface area contributed by atoms with Crippen LogP contribution < -0.4 is 0 Å². The fraction of sp³-hybridized carbons (Fsp3) is 0.857. The van der Waals surface area contributed by atoms with E-state index in [1.807, 2.05) is 6.08 Å². The lowest BCUT2D eigenvalue weighted by Crippen LogP contribution is -2.49. The smallest absolute Gasteiger partial charge is 0.0630 e. The highest BCUT2D eigenvalue weighted by atomic mass is 28.3. The van der Waals surface area contributed by atoms with E-state index in [1.165, 1.54) is 0 Å². The van der Waals surface area contributed by atoms with Crippen LogP contribution in [-0.2, 0) is 0 Å². The molecule has 0 aromatic carbocycles. The van der Waals surface area contributed by atoms with Gasteiger partial charge in [-0.15, -0.1) is 6.58 Å². The molecule has 0 aromatic rings. The molecule has 0 aliphatic carbocycles. The van der Waals surface area contributed by atoms with E-state index in [2.05, 4.69) is 61.2 Å². The van der Waals surface area contributed by atoms with Crippen LogP contribution >= 0.6 is 0 Å². The Labute approximate surface area is 103 Å². The Balaban J connectivity index is 5.24. The van der Waals surface area contributed by atoms with Crippen molar-refractivity contribution in [1.29, 1.82) is 0 Å². The van der Waals surface area contributed by atoms with Gasteiger partial charge in [0.1, 0.15) is 0 Å². The van der Waals surface area contributed by atoms with Crippen LogP contribution in [0.2, 0.25) is 23.7 Å². The van der Waals surface area contributed by atoms with Crippen LogP contribution in [0, 0.1) is 5.41 Å². The van der Waals surface area contributed by atoms with Crippen LogP contribution in [0.4, 0.5) is 0 Å². The van der Waals surface area contributed by atoms with Crippen molar-refractivity contribution in [3.63, 3.8) is 0 Å². The molecule has 2 atom stereocenters. The largest absolute Gasteiger partial charge is 0.392 e. The number of aliphatic hydroxyl groups is 1. The molecule has 0 aliphatic heterocycles. The standard InChI is InChI=1S/C14H30OSi/c1-10-11(12(15)13(2,3)4)16(8,9)14(5,6)7/h10-12,15H,1H2,2-9H3/t11-,12-/m0/s1. The van der Waals surface area contributed by atoms with Gasteiger partial charge >= 0.3 is 0 Å². The monoisotopic (exact) mass is 242 g/mol. The average molecular weight is 242 g/mol. The molecule has 0 heterocycles. The summed E-state index contributed by atoms with van der Waals surface area (Å²) in [6, 6.07) is 0. The molecule has 0 spiro atoms. The normalized spacial score (nSPS) is 18.1. The van der Waals surface area contributed by atoms with Crippen molar-refractivity contribution in [2.45, 2.75) is 71.3 Å². The van der Waals surface area contributed by atoms with Crippen LogP contribution in [0.25, 0.3) is 0 Å². The zero-order chi connectivity index (χ0) is 13.4. The third-order valence-electron chi connectivity index (χ3n) is 4.25. The Hall–Kier alpha value is -0.0831. The van der Waals surface area contributed by atoms with Gasteiger partial charge in [-0.2, -0.15) is 0 Å². The molecule has 0 rings (SSSR count). The predicted molar refractivity (Wildman–Crippen MR) is 76.6 cm³/mol. The zero-order valence-electron chi connectivity index (χ0n) is 12.4. The second-order valence-electron chi connectivity index (χ2n) is 7.54. The second-order valence-corrected chi connectivity index (χ2v) is 13.2. The average Bonchev–Trinajstić information content (AvgIpc) is 2.00. The molecule has 0 saturated carbocycles. The summed E-state index contributed by atoms with van der Waals surface area (Å²) in [5.74, 6) is 0. The fourth-order valence-electron chi connectivity index (χ4n) is 1.86. The van der Waals surface area contributed by atoms with E-state index < -0.39 is 8.07 Å². The van der Waals surface area contributed by atoms with E-state index in [0.29, 0.717) is 0 Å². The lowest BCUT2D eigenvalue weighted by atomic mass is 9.87. The SMILES string of the molecule is C=C[C@@H]([C@H](O)C(C)(C)C)[Si](C)(C)C(C)(C)C. The number of aliphatic hydroxyl groups excluding tert-OH is 1. The maximum absolute atomic E-state index is 10.5. The molecule has 0 radical (unpaired) electrons. The van der Waals surface area contributed by atoms with E-state index in [1.54, 1.807) is 0 Å². The van der Waals surface area contributed by atoms with Crippen molar-refractivity contribution in [3.05, 3.63) is 12.7 Å². The van der Waals surface area contributed by atoms with Crippen molar-refractivity contribution in [3.8, 4) is 0 Å². The van der Waals surface area contributed by atoms with Crippen molar-refractivity contribution < 1.29 is 5.11 Å². The van der Waals surface area contributed by atoms with E-state index in [4.69, 9.17) is 0 Å². The lowest BCUT2D eigenvalue weighted by molar-refractivity contribution is 0.0635. The first-order valence-corrected chi connectivity index (χ1v) is 9.24. The summed E-state index contributed by atoms with van der Waals surface area (Å²) < 4.78 is 0. The second kappa shape index (κ2) is 4.65. The first-order valence-electron chi connectivity index (χ1n) is 6.16. The van der Waals surface area contributed by atoms with Crippen molar-refractivity contribution in [2.75, 3.05) is 0 Å². The van der Waals surface area contributed by atoms with Crippen LogP contribution in [0.15, 0.2) is 12.7 Å². The Morgan fingerprint density at radius 2 is 1.44 bits per heavy atom. The molecular formula is C14H30OSi. The molecule has 0 amide bonds. The van der Waals surface area contributed by atoms with Gasteiger partial charge in [-0.25, -0.2) is 0 Å². The summed E-state index contributed by atoms with van der Waals surface area (Å²) in [7, 11) is -1.58. The molecule has 1 nitrogen and oxygen atoms in total. The third kappa shape index (κ3) is 3.20. The van der Waals surface area contributed by atoms with Crippen molar-refractivity contribution in [1.82, 2.24) is 0 Å². The van der Waals surface area contributed by atoms with Crippen LogP contribution in [-0.4, -0.2) is 19.3 Å². The molecule has 0 unspecified atom stereocenters. The maximum atomic E-state index is 10.5. The summed E-state index contributed by atoms with van der Waals surface area (Å²) in [4.78, 5) is 0. The number of rotatable bonds is 3. The van der Waals surface area contributed by atoms with Gasteiger partial charge in [0.25, 0.3) is 0 Å². The van der Waals surface area contributed by atoms with Gasteiger partial charge in [-0.05, 0) is 16.0 Å². The van der Waals surface area contributed by atoms with Gasteiger partial charge in [0.15, 0.2) is 0 Å². The molecule has 0 fully saturated rings. The summed E-state index contributed by atoms with van der Waals surface area (Å²) in [5.41, 5.74) is 0.168. The van der Waals surface area contributed by atoms with Gasteiger partial charge < -0.3 is 5.11 Å². The predicted octanol–water partition coefficient (Wildman–Crippen LogP) is 4.46. The molecule has 2 heteroatoms. The number of hydrogen-bond acceptors (Lipinski definition) is 1. The molecule has 1 N–H and O–H groups in total. The quantitative estimate of drug-likeness (QED) is 0.572. The van der Waals surface area contributed by atoms with E-state index in [0.717, 1.165) is 0 Å². The maximum Gasteiger partial charge on any atom is 0.0630 e. The van der Waals surface area contributed by atoms with Gasteiger partial charge in [0.05, 0.1) is 14.2 Å². The van der Waals surface area contributed by atoms with E-state index in [-0.39, 0.29) is 22.1 Å². The Morgan fingerprint density at radius 3 is 1.62 bits per heavy atom. The fourth-order valence-corrected chi connectivity index (χ4v) is 4.74. The molecule has 96 valence electrons. The molecule has 16 heavy (non-hydrogen) atoms. The lowest BCUT2D eigenvalue weighted by Gasteiger charge is -2.46. The third-order valence-corrected chi connectivity index (χ3v) is 10.3. The summed E-state index contributed by atoms with van der Waals surface area (Å²) >= 11 is 0. The van der Waals surface area contributed by atoms with E-state index in [9.17, 15) is 5.11 Å². The molecular weight excluding hydrogens is 212 g/mol. The summed E-state index contributed by atoms with van der Waals surface area (Å²) in [6.07, 6.45) is 1.68. The van der Waals surface area contributed by atoms with Crippen molar-refractivity contribution >= 4 is 8.07 Å². The minimum atomic E-state index is -1.58. The highest BCUT2D eigenvalue weighted by molar-refractivity contribution is 6.82. The number of hydrogen-bond donors (Lipinski definition) is 1. The molecule has 0 aromatic heterocycles. The summed E-state index contributed by atoms with van der Waals surface area (Å²) in [5, 5.41) is 10.8. The van der Waals surface area contributed by atoms with Crippen LogP contribution in [0.1, 0.15) is 41.5 Å². The first-order chi connectivity index (χ1) is 6.85. The van der Waals surface area contributed by atoms with Gasteiger partial charge in [0.2, 0.25) is 0 Å². The highest BCUT2D eigenvalue weighted by Gasteiger charge is 2.46. The van der Waals surface area contributed by atoms with Crippen LogP contribution in [0.5, 0.6) is 0 Å². The van der Waals surface area contributed by atoms with E-state index >= 15 is 0 Å². The minimum Gasteiger partial charge on any atom is -0.392 e. The van der Waals surface area contributed by atoms with Gasteiger partial charge in [-0.1, -0.05) is 60.7 Å².